The van der Waals surface area contributed by atoms with Gasteiger partial charge in [0, 0.05) is 0 Å². The van der Waals surface area contributed by atoms with Crippen LogP contribution in [0.3, 0.4) is 0 Å². The van der Waals surface area contributed by atoms with Crippen molar-refractivity contribution in [2.24, 2.45) is 0 Å². The van der Waals surface area contributed by atoms with Gasteiger partial charge in [0.1, 0.15) is 78.2 Å². The normalized spacial score (nSPS) is 25.7. The number of sulfone groups is 4. The maximum atomic E-state index is 13.4. The van der Waals surface area contributed by atoms with Crippen molar-refractivity contribution in [2.75, 3.05) is 66.1 Å². The first-order valence-electron chi connectivity index (χ1n) is 34.3. The van der Waals surface area contributed by atoms with Crippen LogP contribution in [0.4, 0.5) is 0 Å². The third-order valence-electron chi connectivity index (χ3n) is 17.5. The van der Waals surface area contributed by atoms with E-state index < -0.39 is 105 Å². The average molecular weight is 1500 g/mol. The molecule has 8 atom stereocenters. The molecule has 103 heavy (non-hydrogen) atoms. The maximum Gasteiger partial charge on any atom is 0.335 e. The minimum absolute atomic E-state index is 0.00983. The van der Waals surface area contributed by atoms with E-state index in [2.05, 4.69) is 52.6 Å². The van der Waals surface area contributed by atoms with E-state index >= 15 is 0 Å². The van der Waals surface area contributed by atoms with E-state index in [0.29, 0.717) is 54.9 Å². The fourth-order valence-corrected chi connectivity index (χ4v) is 18.5. The van der Waals surface area contributed by atoms with Gasteiger partial charge in [-0.2, -0.15) is 0 Å². The Hall–Kier alpha value is -8.36. The molecule has 0 aromatic heterocycles. The molecule has 4 aliphatic heterocycles. The highest BCUT2D eigenvalue weighted by Gasteiger charge is 2.44. The van der Waals surface area contributed by atoms with Gasteiger partial charge in [0.2, 0.25) is 0 Å². The molecule has 0 saturated carbocycles. The quantitative estimate of drug-likeness (QED) is 0.104. The molecule has 4 aromatic rings. The van der Waals surface area contributed by atoms with E-state index in [1.54, 1.807) is 121 Å². The number of rotatable bonds is 4. The molecule has 0 radical (unpaired) electrons. The summed E-state index contributed by atoms with van der Waals surface area (Å²) in [7, 11) is -15.5. The van der Waals surface area contributed by atoms with Crippen LogP contribution < -0.4 is 0 Å². The van der Waals surface area contributed by atoms with Crippen LogP contribution in [0, 0.1) is 0 Å². The monoisotopic (exact) mass is 1500 g/mol. The average Bonchev–Trinajstić information content (AvgIpc) is 0.914. The molecule has 25 heteroatoms. The lowest BCUT2D eigenvalue weighted by molar-refractivity contribution is -0.141. The van der Waals surface area contributed by atoms with E-state index in [1.807, 2.05) is 0 Å². The Kier molecular flexibility index (Phi) is 34.6. The van der Waals surface area contributed by atoms with Crippen LogP contribution in [-0.4, -0.2) is 145 Å². The van der Waals surface area contributed by atoms with Crippen molar-refractivity contribution in [3.63, 3.8) is 0 Å². The van der Waals surface area contributed by atoms with Gasteiger partial charge in [-0.3, -0.25) is 0 Å². The van der Waals surface area contributed by atoms with Gasteiger partial charge in [0.15, 0.2) is 39.3 Å². The fraction of sp³-hybridized carbons (Fsp3) is 0.436. The molecule has 4 fully saturated rings. The second-order valence-corrected chi connectivity index (χ2v) is 34.3. The molecule has 562 valence electrons. The standard InChI is InChI=1S/C22H30O5S.C20H26O5S.C18H22O6S.C18H22O5S/c1-17-21(20-13-9-8-10-14-20)28(24,25)19(3)18(2)26-15-11-6-4-5-7-12-16-27-22(17)23;1-15-19(18-11-7-6-8-12-18)26(22,23)17(3)16(2)24-13-9-4-5-10-14-25-20(15)21;1-13-17(16-7-5-4-6-8-16)25(20,21)15(3)14(2)23-11-9-22-10-12-24-18(13)19;1-13-17(16-9-5-4-6-10-16)24(20,21)15(3)14(2)22-11-7-8-12-23-18(13)19/h8-10,13-14,19,21H,1-2,4-7,11-12,15-16H2,3H3;6-8,11-12,17,19H,1-2,4-5,9-10,13-14H2,3H3;4-8,15,17H,1-2,9-12H2,3H3;4-6,9-10,15,17H,1-2,7-8,11-12H2,3H3. The first-order valence-corrected chi connectivity index (χ1v) is 40.7. The molecule has 0 amide bonds. The molecule has 0 bridgehead atoms. The van der Waals surface area contributed by atoms with Gasteiger partial charge in [-0.1, -0.05) is 200 Å². The molecule has 0 spiro atoms. The van der Waals surface area contributed by atoms with Crippen LogP contribution in [0.5, 0.6) is 0 Å². The van der Waals surface area contributed by atoms with Crippen molar-refractivity contribution in [3.8, 4) is 0 Å². The summed E-state index contributed by atoms with van der Waals surface area (Å²) in [6, 6.07) is 34.1. The molecule has 21 nitrogen and oxygen atoms in total. The van der Waals surface area contributed by atoms with Crippen molar-refractivity contribution in [2.45, 2.75) is 147 Å². The predicted octanol–water partition coefficient (Wildman–Crippen LogP) is 13.4. The molecule has 4 heterocycles. The lowest BCUT2D eigenvalue weighted by Gasteiger charge is -2.25. The van der Waals surface area contributed by atoms with E-state index in [0.717, 1.165) is 64.2 Å². The minimum atomic E-state index is -3.89. The zero-order valence-corrected chi connectivity index (χ0v) is 62.9. The van der Waals surface area contributed by atoms with E-state index in [-0.39, 0.29) is 91.6 Å². The molecule has 4 aromatic carbocycles. The Morgan fingerprint density at radius 3 is 0.660 bits per heavy atom. The van der Waals surface area contributed by atoms with Crippen molar-refractivity contribution in [3.05, 3.63) is 242 Å². The zero-order valence-electron chi connectivity index (χ0n) is 59.6. The van der Waals surface area contributed by atoms with Crippen molar-refractivity contribution < 1.29 is 95.5 Å². The Labute approximate surface area is 609 Å². The van der Waals surface area contributed by atoms with E-state index in [1.165, 1.54) is 27.7 Å². The minimum Gasteiger partial charge on any atom is -0.497 e. The maximum absolute atomic E-state index is 13.4. The Balaban J connectivity index is 0.000000247. The number of hydrogen-bond donors (Lipinski definition) is 0. The van der Waals surface area contributed by atoms with Gasteiger partial charge in [-0.05, 0) is 101 Å². The Bertz CT molecular complexity index is 4040. The topological polar surface area (TPSA) is 288 Å². The van der Waals surface area contributed by atoms with E-state index in [9.17, 15) is 52.8 Å². The van der Waals surface area contributed by atoms with Crippen LogP contribution in [0.2, 0.25) is 0 Å². The van der Waals surface area contributed by atoms with Gasteiger partial charge >= 0.3 is 23.9 Å². The number of benzene rings is 4. The van der Waals surface area contributed by atoms with Crippen molar-refractivity contribution >= 4 is 63.2 Å². The van der Waals surface area contributed by atoms with Crippen LogP contribution in [0.1, 0.15) is 148 Å². The highest BCUT2D eigenvalue weighted by Crippen LogP contribution is 2.40. The van der Waals surface area contributed by atoms with Gasteiger partial charge in [-0.15, -0.1) is 0 Å². The van der Waals surface area contributed by atoms with E-state index in [4.69, 9.17) is 42.6 Å². The number of hydrogen-bond acceptors (Lipinski definition) is 21. The summed E-state index contributed by atoms with van der Waals surface area (Å²) in [6.07, 6.45) is 10.3. The largest absolute Gasteiger partial charge is 0.497 e. The predicted molar refractivity (Wildman–Crippen MR) is 397 cm³/mol. The first-order chi connectivity index (χ1) is 48.9. The molecule has 0 aliphatic carbocycles. The lowest BCUT2D eigenvalue weighted by atomic mass is 10.1. The highest BCUT2D eigenvalue weighted by atomic mass is 32.2. The smallest absolute Gasteiger partial charge is 0.335 e. The van der Waals surface area contributed by atoms with Crippen LogP contribution >= 0.6 is 0 Å². The number of esters is 4. The lowest BCUT2D eigenvalue weighted by Crippen LogP contribution is -2.31. The number of carbonyl (C=O) groups excluding carboxylic acids is 4. The Morgan fingerprint density at radius 1 is 0.252 bits per heavy atom. The second-order valence-electron chi connectivity index (χ2n) is 24.8. The summed E-state index contributed by atoms with van der Waals surface area (Å²) in [5.74, 6) is -2.16. The fourth-order valence-electron chi connectivity index (χ4n) is 11.0. The SMILES string of the molecule is C=C1OCCCCCCCCOC(=O)C(=C)C(c2ccccc2)S(=O)(=O)C1C.C=C1OCCCCCCOC(=O)C(=C)C(c2ccccc2)S(=O)(=O)C1C.C=C1OCCCCOC(=O)C(=C)C(c2ccccc2)S(=O)(=O)C1C.C=C1OCCOCCOC(=O)C(=C)C(c2ccccc2)S(=O)(=O)C1C. The van der Waals surface area contributed by atoms with Gasteiger partial charge in [0.25, 0.3) is 0 Å². The summed E-state index contributed by atoms with van der Waals surface area (Å²) in [5, 5.41) is -8.77. The summed E-state index contributed by atoms with van der Waals surface area (Å²) in [6.45, 7) is 38.6. The number of carbonyl (C=O) groups is 4. The highest BCUT2D eigenvalue weighted by molar-refractivity contribution is 7.93. The van der Waals surface area contributed by atoms with Crippen molar-refractivity contribution in [1.29, 1.82) is 0 Å². The first kappa shape index (κ1) is 85.3. The molecular weight excluding hydrogens is 1400 g/mol. The zero-order chi connectivity index (χ0) is 75.9. The second kappa shape index (κ2) is 41.8. The Morgan fingerprint density at radius 2 is 0.427 bits per heavy atom. The van der Waals surface area contributed by atoms with Crippen LogP contribution in [-0.2, 0) is 101 Å². The summed E-state index contributed by atoms with van der Waals surface area (Å²) < 4.78 is 154. The number of ether oxygens (including phenoxy) is 9. The summed E-state index contributed by atoms with van der Waals surface area (Å²) >= 11 is 0. The van der Waals surface area contributed by atoms with Crippen molar-refractivity contribution in [1.82, 2.24) is 0 Å². The van der Waals surface area contributed by atoms with Gasteiger partial charge < -0.3 is 42.6 Å². The van der Waals surface area contributed by atoms with Gasteiger partial charge in [-0.25, -0.2) is 52.8 Å². The third-order valence-corrected chi connectivity index (χ3v) is 27.3. The summed E-state index contributed by atoms with van der Waals surface area (Å²) in [4.78, 5) is 49.5. The molecule has 8 rings (SSSR count). The van der Waals surface area contributed by atoms with Gasteiger partial charge in [0.05, 0.1) is 75.1 Å². The molecule has 4 aliphatic rings. The number of cyclic esters (lactones) is 4. The molecule has 4 saturated heterocycles. The molecular formula is C78H100O21S4. The van der Waals surface area contributed by atoms with Crippen LogP contribution in [0.25, 0.3) is 0 Å². The molecule has 0 N–H and O–H groups in total. The van der Waals surface area contributed by atoms with Crippen LogP contribution in [0.15, 0.2) is 219 Å². The molecule has 8 unspecified atom stereocenters. The summed E-state index contributed by atoms with van der Waals surface area (Å²) in [5.41, 5.74) is 1.44. The third kappa shape index (κ3) is 24.6.